The van der Waals surface area contributed by atoms with Crippen LogP contribution in [0.25, 0.3) is 0 Å². The van der Waals surface area contributed by atoms with Crippen molar-refractivity contribution in [1.29, 1.82) is 0 Å². The molecule has 244 valence electrons. The van der Waals surface area contributed by atoms with Gasteiger partial charge in [-0.25, -0.2) is 8.78 Å². The molecule has 8 nitrogen and oxygen atoms in total. The third-order valence-corrected chi connectivity index (χ3v) is 9.00. The molecular weight excluding hydrogens is 596 g/mol. The van der Waals surface area contributed by atoms with Gasteiger partial charge in [-0.1, -0.05) is 36.4 Å². The maximum absolute atomic E-state index is 13.7. The summed E-state index contributed by atoms with van der Waals surface area (Å²) in [6.45, 7) is 3.55. The molecule has 2 aliphatic heterocycles. The van der Waals surface area contributed by atoms with Crippen LogP contribution in [-0.2, 0) is 30.3 Å². The van der Waals surface area contributed by atoms with Crippen molar-refractivity contribution in [3.63, 3.8) is 0 Å². The summed E-state index contributed by atoms with van der Waals surface area (Å²) in [5, 5.41) is 20.0. The molecule has 10 heteroatoms. The minimum atomic E-state index is -1.16. The van der Waals surface area contributed by atoms with Gasteiger partial charge >= 0.3 is 5.97 Å². The number of nitrogens with zero attached hydrogens (tertiary/aromatic N) is 1. The molecule has 2 N–H and O–H groups in total. The number of ketones is 1. The first kappa shape index (κ1) is 33.4. The molecular formula is C36H39F2NO7. The van der Waals surface area contributed by atoms with E-state index in [2.05, 4.69) is 0 Å². The van der Waals surface area contributed by atoms with Crippen LogP contribution >= 0.6 is 0 Å². The quantitative estimate of drug-likeness (QED) is 0.198. The van der Waals surface area contributed by atoms with E-state index in [0.717, 1.165) is 11.1 Å². The summed E-state index contributed by atoms with van der Waals surface area (Å²) in [4.78, 5) is 38.8. The van der Waals surface area contributed by atoms with Crippen molar-refractivity contribution in [2.75, 3.05) is 24.7 Å². The zero-order valence-electron chi connectivity index (χ0n) is 26.0. The van der Waals surface area contributed by atoms with Gasteiger partial charge in [0.1, 0.15) is 23.8 Å². The van der Waals surface area contributed by atoms with Gasteiger partial charge in [-0.05, 0) is 92.6 Å². The number of carboxylic acids is 1. The van der Waals surface area contributed by atoms with E-state index in [4.69, 9.17) is 9.47 Å². The molecule has 2 fully saturated rings. The lowest BCUT2D eigenvalue weighted by molar-refractivity contribution is -0.212. The van der Waals surface area contributed by atoms with Gasteiger partial charge in [0.15, 0.2) is 5.78 Å². The van der Waals surface area contributed by atoms with E-state index in [0.29, 0.717) is 50.1 Å². The molecule has 0 aromatic heterocycles. The summed E-state index contributed by atoms with van der Waals surface area (Å²) in [6, 6.07) is 19.0. The van der Waals surface area contributed by atoms with Gasteiger partial charge in [0, 0.05) is 12.1 Å². The molecule has 0 saturated carbocycles. The van der Waals surface area contributed by atoms with Crippen LogP contribution in [0, 0.1) is 23.0 Å². The second-order valence-corrected chi connectivity index (χ2v) is 13.0. The maximum atomic E-state index is 13.7. The molecule has 0 spiro atoms. The highest BCUT2D eigenvalue weighted by Gasteiger charge is 2.48. The van der Waals surface area contributed by atoms with Crippen LogP contribution in [0.5, 0.6) is 0 Å². The first-order valence-corrected chi connectivity index (χ1v) is 15.5. The number of carbonyl (C=O) groups is 3. The third kappa shape index (κ3) is 7.52. The SMILES string of the molecule is CC(C)(CC(=O)COC1(CCc2ccc([C@@H]3[C@@H](CC[C@H](O)c4ccc(F)cc4)C(=O)N3c3ccc(F)cc3)cc2)COC1)C(=O)O. The van der Waals surface area contributed by atoms with Gasteiger partial charge in [0.05, 0.1) is 36.7 Å². The Morgan fingerprint density at radius 3 is 2.17 bits per heavy atom. The summed E-state index contributed by atoms with van der Waals surface area (Å²) in [5.41, 5.74) is 1.32. The lowest BCUT2D eigenvalue weighted by Crippen LogP contribution is -2.55. The largest absolute Gasteiger partial charge is 0.481 e. The summed E-state index contributed by atoms with van der Waals surface area (Å²) in [7, 11) is 0. The number of carbonyl (C=O) groups excluding carboxylic acids is 2. The number of aliphatic hydroxyl groups excluding tert-OH is 1. The Hall–Kier alpha value is -3.99. The van der Waals surface area contributed by atoms with Crippen molar-refractivity contribution in [2.24, 2.45) is 11.3 Å². The number of amides is 1. The second-order valence-electron chi connectivity index (χ2n) is 13.0. The number of aliphatic carboxylic acids is 1. The van der Waals surface area contributed by atoms with Crippen LogP contribution in [0.15, 0.2) is 72.8 Å². The number of Topliss-reactive ketones (excluding diaryl/α,β-unsaturated/α-hetero) is 1. The highest BCUT2D eigenvalue weighted by atomic mass is 19.1. The molecule has 3 aromatic carbocycles. The molecule has 2 heterocycles. The molecule has 0 radical (unpaired) electrons. The van der Waals surface area contributed by atoms with E-state index in [1.807, 2.05) is 24.3 Å². The van der Waals surface area contributed by atoms with Crippen molar-refractivity contribution < 1.29 is 42.9 Å². The summed E-state index contributed by atoms with van der Waals surface area (Å²) >= 11 is 0. The standard InChI is InChI=1S/C36H39F2NO7/c1-35(2,34(43)44)19-29(40)20-46-36(21-45-22-36)18-17-23-3-5-25(6-4-23)32-30(15-16-31(41)24-7-9-26(37)10-8-24)33(42)39(32)28-13-11-27(38)12-14-28/h3-14,30-32,41H,15-22H2,1-2H3,(H,43,44)/t30-,31+,32-/m1/s1. The number of halogens is 2. The molecule has 0 bridgehead atoms. The van der Waals surface area contributed by atoms with E-state index in [1.165, 1.54) is 50.2 Å². The Balaban J connectivity index is 1.24. The minimum Gasteiger partial charge on any atom is -0.481 e. The topological polar surface area (TPSA) is 113 Å². The van der Waals surface area contributed by atoms with Gasteiger partial charge < -0.3 is 24.6 Å². The Morgan fingerprint density at radius 2 is 1.61 bits per heavy atom. The molecule has 3 aromatic rings. The van der Waals surface area contributed by atoms with Crippen LogP contribution in [0.2, 0.25) is 0 Å². The molecule has 5 rings (SSSR count). The van der Waals surface area contributed by atoms with E-state index in [1.54, 1.807) is 17.0 Å². The molecule has 46 heavy (non-hydrogen) atoms. The monoisotopic (exact) mass is 635 g/mol. The van der Waals surface area contributed by atoms with Gasteiger partial charge in [-0.3, -0.25) is 14.4 Å². The zero-order valence-corrected chi connectivity index (χ0v) is 26.0. The van der Waals surface area contributed by atoms with E-state index < -0.39 is 34.8 Å². The second kappa shape index (κ2) is 13.8. The average Bonchev–Trinajstić information content (AvgIpc) is 3.00. The number of hydrogen-bond donors (Lipinski definition) is 2. The summed E-state index contributed by atoms with van der Waals surface area (Å²) in [6.07, 6.45) is 1.01. The Morgan fingerprint density at radius 1 is 1.00 bits per heavy atom. The fourth-order valence-corrected chi connectivity index (χ4v) is 6.03. The van der Waals surface area contributed by atoms with Crippen molar-refractivity contribution in [2.45, 2.75) is 63.7 Å². The highest BCUT2D eigenvalue weighted by molar-refractivity contribution is 6.03. The minimum absolute atomic E-state index is 0.114. The third-order valence-electron chi connectivity index (χ3n) is 9.00. The molecule has 2 aliphatic rings. The number of β-lactam (4-membered cyclic amide) rings is 1. The Bertz CT molecular complexity index is 1540. The average molecular weight is 636 g/mol. The maximum Gasteiger partial charge on any atom is 0.309 e. The number of carboxylic acid groups (broad SMARTS) is 1. The normalized spacial score (nSPS) is 19.7. The van der Waals surface area contributed by atoms with Crippen LogP contribution in [0.4, 0.5) is 14.5 Å². The number of aryl methyl sites for hydroxylation is 1. The molecule has 0 unspecified atom stereocenters. The smallest absolute Gasteiger partial charge is 0.309 e. The number of aliphatic hydroxyl groups is 1. The van der Waals surface area contributed by atoms with Crippen LogP contribution in [0.1, 0.15) is 68.4 Å². The number of anilines is 1. The van der Waals surface area contributed by atoms with E-state index >= 15 is 0 Å². The van der Waals surface area contributed by atoms with Gasteiger partial charge in [-0.2, -0.15) is 0 Å². The van der Waals surface area contributed by atoms with E-state index in [-0.39, 0.29) is 36.6 Å². The lowest BCUT2D eigenvalue weighted by atomic mass is 9.78. The number of benzene rings is 3. The Kier molecular flexibility index (Phi) is 10.0. The summed E-state index contributed by atoms with van der Waals surface area (Å²) in [5.74, 6) is -2.62. The lowest BCUT2D eigenvalue weighted by Gasteiger charge is -2.48. The van der Waals surface area contributed by atoms with Crippen molar-refractivity contribution in [3.8, 4) is 0 Å². The van der Waals surface area contributed by atoms with Crippen LogP contribution < -0.4 is 4.90 Å². The van der Waals surface area contributed by atoms with Gasteiger partial charge in [0.25, 0.3) is 0 Å². The first-order valence-electron chi connectivity index (χ1n) is 15.5. The zero-order chi connectivity index (χ0) is 33.1. The molecule has 2 saturated heterocycles. The molecule has 3 atom stereocenters. The van der Waals surface area contributed by atoms with E-state index in [9.17, 15) is 33.4 Å². The summed E-state index contributed by atoms with van der Waals surface area (Å²) < 4.78 is 38.4. The van der Waals surface area contributed by atoms with Crippen molar-refractivity contribution >= 4 is 23.3 Å². The van der Waals surface area contributed by atoms with Crippen LogP contribution in [0.3, 0.4) is 0 Å². The number of hydrogen-bond acceptors (Lipinski definition) is 6. The van der Waals surface area contributed by atoms with Crippen LogP contribution in [-0.4, -0.2) is 53.3 Å². The molecule has 1 amide bonds. The fourth-order valence-electron chi connectivity index (χ4n) is 6.03. The predicted octanol–water partition coefficient (Wildman–Crippen LogP) is 5.97. The number of rotatable bonds is 15. The number of ether oxygens (including phenoxy) is 2. The van der Waals surface area contributed by atoms with Gasteiger partial charge in [-0.15, -0.1) is 0 Å². The first-order chi connectivity index (χ1) is 21.9. The Labute approximate surface area is 266 Å². The van der Waals surface area contributed by atoms with Crippen molar-refractivity contribution in [3.05, 3.63) is 101 Å². The predicted molar refractivity (Wildman–Crippen MR) is 166 cm³/mol. The molecule has 0 aliphatic carbocycles. The van der Waals surface area contributed by atoms with Crippen molar-refractivity contribution in [1.82, 2.24) is 0 Å². The fraction of sp³-hybridized carbons (Fsp3) is 0.417. The van der Waals surface area contributed by atoms with Gasteiger partial charge in [0.2, 0.25) is 5.91 Å². The highest BCUT2D eigenvalue weighted by Crippen LogP contribution is 2.46.